The van der Waals surface area contributed by atoms with Crippen LogP contribution in [0.4, 0.5) is 27.8 Å². The summed E-state index contributed by atoms with van der Waals surface area (Å²) in [5, 5.41) is 12.6. The fourth-order valence-electron chi connectivity index (χ4n) is 4.87. The molecule has 0 aliphatic carbocycles. The molecular formula is C31H34F5N3O6S. The topological polar surface area (TPSA) is 118 Å². The number of carbonyl (C=O) groups is 1. The normalized spacial score (nSPS) is 18.0. The number of aromatic nitrogens is 1. The van der Waals surface area contributed by atoms with Crippen LogP contribution in [-0.4, -0.2) is 68.2 Å². The summed E-state index contributed by atoms with van der Waals surface area (Å²) in [6.07, 6.45) is -7.51. The number of halogens is 5. The quantitative estimate of drug-likeness (QED) is 0.232. The van der Waals surface area contributed by atoms with E-state index in [1.165, 1.54) is 68.6 Å². The van der Waals surface area contributed by atoms with Crippen molar-refractivity contribution >= 4 is 21.6 Å². The Hall–Kier alpha value is -3.82. The van der Waals surface area contributed by atoms with Crippen LogP contribution in [0.25, 0.3) is 0 Å². The molecule has 1 aliphatic rings. The van der Waals surface area contributed by atoms with Crippen molar-refractivity contribution in [1.29, 1.82) is 0 Å². The minimum atomic E-state index is -4.51. The van der Waals surface area contributed by atoms with E-state index in [2.05, 4.69) is 10.3 Å². The molecule has 1 fully saturated rings. The van der Waals surface area contributed by atoms with Gasteiger partial charge in [0.05, 0.1) is 53.6 Å². The summed E-state index contributed by atoms with van der Waals surface area (Å²) in [5.74, 6) is -0.136. The van der Waals surface area contributed by atoms with Gasteiger partial charge < -0.3 is 24.8 Å². The second-order valence-electron chi connectivity index (χ2n) is 10.7. The molecule has 1 aromatic heterocycles. The molecule has 1 saturated heterocycles. The third kappa shape index (κ3) is 8.70. The van der Waals surface area contributed by atoms with Crippen molar-refractivity contribution in [2.24, 2.45) is 0 Å². The number of aliphatic hydroxyl groups excluding tert-OH is 1. The largest absolute Gasteiger partial charge is 0.489 e. The van der Waals surface area contributed by atoms with Crippen LogP contribution < -0.4 is 15.0 Å². The Morgan fingerprint density at radius 3 is 2.26 bits per heavy atom. The van der Waals surface area contributed by atoms with E-state index in [1.807, 2.05) is 0 Å². The fourth-order valence-corrected chi connectivity index (χ4v) is 5.76. The highest BCUT2D eigenvalue weighted by atomic mass is 32.2. The Balaban J connectivity index is 1.46. The summed E-state index contributed by atoms with van der Waals surface area (Å²) in [7, 11) is -3.42. The van der Waals surface area contributed by atoms with E-state index in [9.17, 15) is 40.3 Å². The molecule has 1 aliphatic heterocycles. The number of rotatable bonds is 13. The van der Waals surface area contributed by atoms with Gasteiger partial charge in [-0.25, -0.2) is 13.4 Å². The minimum absolute atomic E-state index is 0.0707. The second-order valence-corrected chi connectivity index (χ2v) is 13.0. The van der Waals surface area contributed by atoms with Gasteiger partial charge in [-0.15, -0.1) is 0 Å². The molecule has 0 unspecified atom stereocenters. The number of amides is 1. The van der Waals surface area contributed by atoms with E-state index < -0.39 is 64.8 Å². The van der Waals surface area contributed by atoms with Crippen LogP contribution in [-0.2, 0) is 20.8 Å². The molecule has 46 heavy (non-hydrogen) atoms. The number of alkyl halides is 5. The van der Waals surface area contributed by atoms with Gasteiger partial charge in [0.2, 0.25) is 0 Å². The van der Waals surface area contributed by atoms with Crippen molar-refractivity contribution in [3.05, 3.63) is 83.6 Å². The van der Waals surface area contributed by atoms with Gasteiger partial charge in [-0.2, -0.15) is 22.0 Å². The highest BCUT2D eigenvalue weighted by Gasteiger charge is 2.38. The van der Waals surface area contributed by atoms with Crippen LogP contribution in [0.1, 0.15) is 54.2 Å². The lowest BCUT2D eigenvalue weighted by molar-refractivity contribution is -0.241. The van der Waals surface area contributed by atoms with Crippen molar-refractivity contribution in [3.8, 4) is 5.75 Å². The first-order valence-electron chi connectivity index (χ1n) is 14.5. The standard InChI is InChI=1S/C31H34F5N3O6S/c1-3-30(32,33)44-19-23-15-25(45-24-10-8-22(9-11-24)31(34,35)36)17-39(23)28-14-7-21(16-37-28)29(41)38-27(18-40)20-5-12-26(13-6-20)46(42,43)4-2/h5-14,16,23,25,27,40H,3-4,15,17-19H2,1-2H3,(H,38,41)/t23-,25-,27-/m0/s1. The third-order valence-corrected chi connectivity index (χ3v) is 9.32. The fraction of sp³-hybridized carbons (Fsp3) is 0.419. The molecule has 1 amide bonds. The molecule has 2 heterocycles. The zero-order valence-electron chi connectivity index (χ0n) is 25.0. The first-order valence-corrected chi connectivity index (χ1v) is 16.1. The predicted molar refractivity (Wildman–Crippen MR) is 158 cm³/mol. The number of nitrogens with zero attached hydrogens (tertiary/aromatic N) is 2. The minimum Gasteiger partial charge on any atom is -0.489 e. The van der Waals surface area contributed by atoms with Crippen molar-refractivity contribution in [3.63, 3.8) is 0 Å². The Bertz CT molecular complexity index is 1570. The molecule has 4 rings (SSSR count). The number of hydrogen-bond donors (Lipinski definition) is 2. The van der Waals surface area contributed by atoms with Crippen molar-refractivity contribution in [1.82, 2.24) is 10.3 Å². The van der Waals surface area contributed by atoms with Crippen molar-refractivity contribution in [2.45, 2.75) is 62.1 Å². The van der Waals surface area contributed by atoms with Gasteiger partial charge in [-0.1, -0.05) is 26.0 Å². The van der Waals surface area contributed by atoms with Crippen LogP contribution in [0.3, 0.4) is 0 Å². The van der Waals surface area contributed by atoms with E-state index in [-0.39, 0.29) is 41.5 Å². The number of benzene rings is 2. The number of anilines is 1. The monoisotopic (exact) mass is 671 g/mol. The summed E-state index contributed by atoms with van der Waals surface area (Å²) in [6, 6.07) is 11.5. The maximum Gasteiger partial charge on any atom is 0.416 e. The van der Waals surface area contributed by atoms with Gasteiger partial charge in [-0.05, 0) is 54.1 Å². The first-order chi connectivity index (χ1) is 21.7. The number of ether oxygens (including phenoxy) is 2. The summed E-state index contributed by atoms with van der Waals surface area (Å²) in [6.45, 7) is 2.12. The lowest BCUT2D eigenvalue weighted by Crippen LogP contribution is -2.37. The lowest BCUT2D eigenvalue weighted by Gasteiger charge is -2.27. The van der Waals surface area contributed by atoms with Gasteiger partial charge in [0.15, 0.2) is 9.84 Å². The van der Waals surface area contributed by atoms with E-state index in [0.29, 0.717) is 11.4 Å². The Labute approximate surface area is 263 Å². The van der Waals surface area contributed by atoms with Crippen molar-refractivity contribution < 1.29 is 49.7 Å². The van der Waals surface area contributed by atoms with Crippen LogP contribution in [0.15, 0.2) is 71.8 Å². The number of aliphatic hydroxyl groups is 1. The van der Waals surface area contributed by atoms with Crippen LogP contribution in [0, 0.1) is 0 Å². The van der Waals surface area contributed by atoms with E-state index >= 15 is 0 Å². The van der Waals surface area contributed by atoms with E-state index in [4.69, 9.17) is 9.47 Å². The van der Waals surface area contributed by atoms with Crippen LogP contribution in [0.5, 0.6) is 5.75 Å². The molecule has 250 valence electrons. The number of pyridine rings is 1. The molecular weight excluding hydrogens is 637 g/mol. The maximum absolute atomic E-state index is 13.9. The van der Waals surface area contributed by atoms with E-state index in [0.717, 1.165) is 12.1 Å². The zero-order chi connectivity index (χ0) is 33.7. The molecule has 2 aromatic carbocycles. The van der Waals surface area contributed by atoms with Crippen LogP contribution >= 0.6 is 0 Å². The summed E-state index contributed by atoms with van der Waals surface area (Å²) < 4.78 is 102. The predicted octanol–water partition coefficient (Wildman–Crippen LogP) is 5.40. The van der Waals surface area contributed by atoms with Gasteiger partial charge >= 0.3 is 12.3 Å². The Morgan fingerprint density at radius 2 is 1.72 bits per heavy atom. The highest BCUT2D eigenvalue weighted by molar-refractivity contribution is 7.91. The molecule has 0 saturated carbocycles. The summed E-state index contributed by atoms with van der Waals surface area (Å²) in [4.78, 5) is 19.1. The van der Waals surface area contributed by atoms with Crippen LogP contribution in [0.2, 0.25) is 0 Å². The first kappa shape index (κ1) is 35.0. The molecule has 15 heteroatoms. The molecule has 0 radical (unpaired) electrons. The molecule has 0 bridgehead atoms. The average molecular weight is 672 g/mol. The smallest absolute Gasteiger partial charge is 0.416 e. The van der Waals surface area contributed by atoms with Gasteiger partial charge in [0.1, 0.15) is 17.7 Å². The number of hydrogen-bond acceptors (Lipinski definition) is 8. The number of carbonyl (C=O) groups excluding carboxylic acids is 1. The molecule has 9 nitrogen and oxygen atoms in total. The lowest BCUT2D eigenvalue weighted by atomic mass is 10.1. The SMILES string of the molecule is CCC(F)(F)OC[C@@H]1C[C@H](Oc2ccc(C(F)(F)F)cc2)CN1c1ccc(C(=O)N[C@@H](CO)c2ccc(S(=O)(=O)CC)cc2)cn1. The zero-order valence-corrected chi connectivity index (χ0v) is 25.8. The second kappa shape index (κ2) is 14.3. The summed E-state index contributed by atoms with van der Waals surface area (Å²) >= 11 is 0. The number of nitrogens with one attached hydrogen (secondary N) is 1. The van der Waals surface area contributed by atoms with Gasteiger partial charge in [0.25, 0.3) is 5.91 Å². The Kier molecular flexibility index (Phi) is 10.9. The molecule has 3 aromatic rings. The van der Waals surface area contributed by atoms with E-state index in [1.54, 1.807) is 4.90 Å². The van der Waals surface area contributed by atoms with Gasteiger partial charge in [-0.3, -0.25) is 4.79 Å². The van der Waals surface area contributed by atoms with Crippen molar-refractivity contribution in [2.75, 3.05) is 30.4 Å². The highest BCUT2D eigenvalue weighted by Crippen LogP contribution is 2.33. The summed E-state index contributed by atoms with van der Waals surface area (Å²) in [5.41, 5.74) is -0.215. The average Bonchev–Trinajstić information content (AvgIpc) is 3.45. The molecule has 2 N–H and O–H groups in total. The molecule has 3 atom stereocenters. The van der Waals surface area contributed by atoms with Gasteiger partial charge in [0, 0.05) is 19.0 Å². The molecule has 0 spiro atoms. The third-order valence-electron chi connectivity index (χ3n) is 7.57. The number of sulfone groups is 1. The Morgan fingerprint density at radius 1 is 1.04 bits per heavy atom. The maximum atomic E-state index is 13.9.